The third kappa shape index (κ3) is 4.28. The number of hydrogen-bond donors (Lipinski definition) is 1. The summed E-state index contributed by atoms with van der Waals surface area (Å²) in [5, 5.41) is 6.75. The van der Waals surface area contributed by atoms with Crippen LogP contribution in [0, 0.1) is 0 Å². The van der Waals surface area contributed by atoms with Crippen molar-refractivity contribution < 1.29 is 14.3 Å². The molecule has 26 heavy (non-hydrogen) atoms. The molecule has 0 fully saturated rings. The third-order valence-corrected chi connectivity index (χ3v) is 4.30. The van der Waals surface area contributed by atoms with Crippen molar-refractivity contribution in [2.45, 2.75) is 4.90 Å². The lowest BCUT2D eigenvalue weighted by molar-refractivity contribution is -0.119. The van der Waals surface area contributed by atoms with Crippen molar-refractivity contribution in [3.8, 4) is 5.69 Å². The molecule has 3 rings (SSSR count). The lowest BCUT2D eigenvalue weighted by atomic mass is 10.2. The molecule has 7 nitrogen and oxygen atoms in total. The normalized spacial score (nSPS) is 10.3. The predicted octanol–water partition coefficient (Wildman–Crippen LogP) is 2.78. The van der Waals surface area contributed by atoms with Gasteiger partial charge in [0, 0.05) is 4.90 Å². The van der Waals surface area contributed by atoms with Crippen LogP contribution in [0.15, 0.2) is 66.1 Å². The van der Waals surface area contributed by atoms with E-state index in [2.05, 4.69) is 15.4 Å². The van der Waals surface area contributed by atoms with E-state index >= 15 is 0 Å². The van der Waals surface area contributed by atoms with Crippen LogP contribution in [0.3, 0.4) is 0 Å². The van der Waals surface area contributed by atoms with E-state index in [1.807, 2.05) is 24.5 Å². The first-order valence-electron chi connectivity index (χ1n) is 7.72. The molecule has 0 spiro atoms. The molecule has 2 aromatic carbocycles. The zero-order valence-corrected chi connectivity index (χ0v) is 14.8. The van der Waals surface area contributed by atoms with Crippen LogP contribution in [-0.2, 0) is 9.53 Å². The molecular formula is C18H16N4O3S. The minimum atomic E-state index is -0.566. The average molecular weight is 368 g/mol. The fourth-order valence-electron chi connectivity index (χ4n) is 2.24. The Morgan fingerprint density at radius 1 is 1.15 bits per heavy atom. The lowest BCUT2D eigenvalue weighted by Gasteiger charge is -2.10. The standard InChI is InChI=1S/C18H16N4O3S/c1-26-16-5-3-2-4-15(16)21-17(23)10-25-18(24)13-6-8-14(9-7-13)22-12-19-11-20-22/h2-9,11-12H,10H2,1H3,(H,21,23). The van der Waals surface area contributed by atoms with Gasteiger partial charge in [-0.3, -0.25) is 4.79 Å². The van der Waals surface area contributed by atoms with Gasteiger partial charge in [0.05, 0.1) is 16.9 Å². The number of nitrogens with zero attached hydrogens (tertiary/aromatic N) is 3. The maximum absolute atomic E-state index is 12.1. The molecular weight excluding hydrogens is 352 g/mol. The summed E-state index contributed by atoms with van der Waals surface area (Å²) in [5.41, 5.74) is 1.81. The van der Waals surface area contributed by atoms with Gasteiger partial charge in [-0.2, -0.15) is 5.10 Å². The van der Waals surface area contributed by atoms with E-state index in [1.54, 1.807) is 41.3 Å². The number of amides is 1. The first-order valence-corrected chi connectivity index (χ1v) is 8.95. The van der Waals surface area contributed by atoms with Crippen LogP contribution in [0.2, 0.25) is 0 Å². The van der Waals surface area contributed by atoms with Crippen molar-refractivity contribution in [3.63, 3.8) is 0 Å². The van der Waals surface area contributed by atoms with Gasteiger partial charge in [-0.15, -0.1) is 11.8 Å². The number of aromatic nitrogens is 3. The second-order valence-electron chi connectivity index (χ2n) is 5.21. The number of benzene rings is 2. The number of esters is 1. The van der Waals surface area contributed by atoms with Gasteiger partial charge in [-0.05, 0) is 42.7 Å². The third-order valence-electron chi connectivity index (χ3n) is 3.50. The van der Waals surface area contributed by atoms with Crippen molar-refractivity contribution >= 4 is 29.3 Å². The van der Waals surface area contributed by atoms with Crippen molar-refractivity contribution in [2.75, 3.05) is 18.2 Å². The molecule has 0 unspecified atom stereocenters. The SMILES string of the molecule is CSc1ccccc1NC(=O)COC(=O)c1ccc(-n2cncn2)cc1. The summed E-state index contributed by atoms with van der Waals surface area (Å²) in [7, 11) is 0. The Balaban J connectivity index is 1.55. The molecule has 1 N–H and O–H groups in total. The topological polar surface area (TPSA) is 86.1 Å². The van der Waals surface area contributed by atoms with Crippen molar-refractivity contribution in [3.05, 3.63) is 66.7 Å². The Bertz CT molecular complexity index is 895. The van der Waals surface area contributed by atoms with Gasteiger partial charge in [0.25, 0.3) is 5.91 Å². The molecule has 0 saturated carbocycles. The number of hydrogen-bond acceptors (Lipinski definition) is 6. The predicted molar refractivity (Wildman–Crippen MR) is 98.5 cm³/mol. The molecule has 0 radical (unpaired) electrons. The fourth-order valence-corrected chi connectivity index (χ4v) is 2.79. The number of rotatable bonds is 6. The number of anilines is 1. The molecule has 132 valence electrons. The van der Waals surface area contributed by atoms with E-state index in [0.717, 1.165) is 10.6 Å². The van der Waals surface area contributed by atoms with Gasteiger partial charge in [0.15, 0.2) is 6.61 Å². The molecule has 3 aromatic rings. The van der Waals surface area contributed by atoms with Crippen LogP contribution in [0.1, 0.15) is 10.4 Å². The minimum absolute atomic E-state index is 0.353. The van der Waals surface area contributed by atoms with Crippen LogP contribution in [0.4, 0.5) is 5.69 Å². The van der Waals surface area contributed by atoms with Gasteiger partial charge in [0.1, 0.15) is 12.7 Å². The lowest BCUT2D eigenvalue weighted by Crippen LogP contribution is -2.21. The number of carbonyl (C=O) groups is 2. The molecule has 1 heterocycles. The maximum Gasteiger partial charge on any atom is 0.338 e. The van der Waals surface area contributed by atoms with Crippen LogP contribution >= 0.6 is 11.8 Å². The van der Waals surface area contributed by atoms with Crippen LogP contribution in [0.5, 0.6) is 0 Å². The fraction of sp³-hybridized carbons (Fsp3) is 0.111. The minimum Gasteiger partial charge on any atom is -0.452 e. The first kappa shape index (κ1) is 17.7. The summed E-state index contributed by atoms with van der Waals surface area (Å²) >= 11 is 1.52. The summed E-state index contributed by atoms with van der Waals surface area (Å²) in [5.74, 6) is -0.956. The van der Waals surface area contributed by atoms with E-state index in [1.165, 1.54) is 18.1 Å². The van der Waals surface area contributed by atoms with Crippen LogP contribution in [0.25, 0.3) is 5.69 Å². The van der Waals surface area contributed by atoms with Gasteiger partial charge >= 0.3 is 5.97 Å². The van der Waals surface area contributed by atoms with E-state index in [9.17, 15) is 9.59 Å². The molecule has 8 heteroatoms. The number of nitrogens with one attached hydrogen (secondary N) is 1. The number of para-hydroxylation sites is 1. The van der Waals surface area contributed by atoms with Crippen molar-refractivity contribution in [1.29, 1.82) is 0 Å². The molecule has 0 aliphatic rings. The molecule has 0 aliphatic heterocycles. The van der Waals surface area contributed by atoms with Gasteiger partial charge < -0.3 is 10.1 Å². The van der Waals surface area contributed by atoms with Gasteiger partial charge in [-0.1, -0.05) is 12.1 Å². The molecule has 1 aromatic heterocycles. The second kappa shape index (κ2) is 8.30. The van der Waals surface area contributed by atoms with Gasteiger partial charge in [-0.25, -0.2) is 14.5 Å². The Kier molecular flexibility index (Phi) is 5.65. The van der Waals surface area contributed by atoms with Crippen molar-refractivity contribution in [1.82, 2.24) is 14.8 Å². The summed E-state index contributed by atoms with van der Waals surface area (Å²) in [6.07, 6.45) is 4.91. The Morgan fingerprint density at radius 2 is 1.92 bits per heavy atom. The average Bonchev–Trinajstić information content (AvgIpc) is 3.21. The highest BCUT2D eigenvalue weighted by molar-refractivity contribution is 7.98. The number of ether oxygens (including phenoxy) is 1. The number of thioether (sulfide) groups is 1. The van der Waals surface area contributed by atoms with E-state index in [-0.39, 0.29) is 12.5 Å². The molecule has 0 saturated heterocycles. The highest BCUT2D eigenvalue weighted by atomic mass is 32.2. The number of carbonyl (C=O) groups excluding carboxylic acids is 2. The van der Waals surface area contributed by atoms with Gasteiger partial charge in [0.2, 0.25) is 0 Å². The van der Waals surface area contributed by atoms with Crippen molar-refractivity contribution in [2.24, 2.45) is 0 Å². The van der Waals surface area contributed by atoms with E-state index in [4.69, 9.17) is 4.74 Å². The van der Waals surface area contributed by atoms with Crippen LogP contribution < -0.4 is 5.32 Å². The monoisotopic (exact) mass is 368 g/mol. The summed E-state index contributed by atoms with van der Waals surface area (Å²) in [6, 6.07) is 14.1. The Morgan fingerprint density at radius 3 is 2.62 bits per heavy atom. The quantitative estimate of drug-likeness (QED) is 0.532. The van der Waals surface area contributed by atoms with E-state index < -0.39 is 5.97 Å². The molecule has 1 amide bonds. The smallest absolute Gasteiger partial charge is 0.338 e. The first-order chi connectivity index (χ1) is 12.7. The second-order valence-corrected chi connectivity index (χ2v) is 6.06. The molecule has 0 aliphatic carbocycles. The summed E-state index contributed by atoms with van der Waals surface area (Å²) in [6.45, 7) is -0.355. The Hall–Kier alpha value is -3.13. The zero-order valence-electron chi connectivity index (χ0n) is 14.0. The molecule has 0 bridgehead atoms. The van der Waals surface area contributed by atoms with E-state index in [0.29, 0.717) is 11.3 Å². The highest BCUT2D eigenvalue weighted by Crippen LogP contribution is 2.24. The highest BCUT2D eigenvalue weighted by Gasteiger charge is 2.12. The summed E-state index contributed by atoms with van der Waals surface area (Å²) < 4.78 is 6.65. The zero-order chi connectivity index (χ0) is 18.4. The van der Waals surface area contributed by atoms with Crippen LogP contribution in [-0.4, -0.2) is 39.5 Å². The Labute approximate surface area is 154 Å². The largest absolute Gasteiger partial charge is 0.452 e. The maximum atomic E-state index is 12.1. The molecule has 0 atom stereocenters. The summed E-state index contributed by atoms with van der Waals surface area (Å²) in [4.78, 5) is 28.9.